The van der Waals surface area contributed by atoms with Gasteiger partial charge in [-0.05, 0) is 55.2 Å². The molecule has 1 amide bonds. The number of H-pyrrole nitrogens is 1. The number of thioether (sulfide) groups is 1. The summed E-state index contributed by atoms with van der Waals surface area (Å²) in [5.74, 6) is 2.09. The molecular formula is C20H23N3O2S3. The maximum atomic E-state index is 12.5. The second-order valence-electron chi connectivity index (χ2n) is 7.01. The molecule has 4 rings (SSSR count). The van der Waals surface area contributed by atoms with Gasteiger partial charge in [0.05, 0.1) is 17.7 Å². The molecule has 0 aromatic carbocycles. The van der Waals surface area contributed by atoms with Gasteiger partial charge >= 0.3 is 0 Å². The van der Waals surface area contributed by atoms with Crippen molar-refractivity contribution in [2.24, 2.45) is 0 Å². The lowest BCUT2D eigenvalue weighted by atomic mass is 9.97. The Bertz CT molecular complexity index is 1050. The third kappa shape index (κ3) is 4.34. The first-order valence-corrected chi connectivity index (χ1v) is 12.4. The smallest absolute Gasteiger partial charge is 0.259 e. The maximum Gasteiger partial charge on any atom is 0.259 e. The predicted octanol–water partition coefficient (Wildman–Crippen LogP) is 4.17. The van der Waals surface area contributed by atoms with Crippen LogP contribution in [0.25, 0.3) is 10.2 Å². The highest BCUT2D eigenvalue weighted by atomic mass is 32.2. The molecule has 3 heterocycles. The molecule has 1 aliphatic rings. The molecule has 0 unspecified atom stereocenters. The topological polar surface area (TPSA) is 74.8 Å². The monoisotopic (exact) mass is 433 g/mol. The molecule has 0 radical (unpaired) electrons. The number of hydrogen-bond donors (Lipinski definition) is 2. The molecule has 3 aromatic rings. The fourth-order valence-corrected chi connectivity index (χ4v) is 6.39. The van der Waals surface area contributed by atoms with Crippen LogP contribution in [0.4, 0.5) is 0 Å². The van der Waals surface area contributed by atoms with Crippen LogP contribution in [0.15, 0.2) is 16.2 Å². The third-order valence-electron chi connectivity index (χ3n) is 5.00. The summed E-state index contributed by atoms with van der Waals surface area (Å²) in [6.45, 7) is 2.66. The normalized spacial score (nSPS) is 13.6. The van der Waals surface area contributed by atoms with Crippen molar-refractivity contribution < 1.29 is 4.79 Å². The molecule has 28 heavy (non-hydrogen) atoms. The van der Waals surface area contributed by atoms with Crippen LogP contribution in [-0.2, 0) is 29.9 Å². The minimum absolute atomic E-state index is 0.0101. The molecule has 2 N–H and O–H groups in total. The molecule has 0 fully saturated rings. The van der Waals surface area contributed by atoms with E-state index in [0.29, 0.717) is 30.3 Å². The number of aromatic amines is 1. The van der Waals surface area contributed by atoms with Crippen molar-refractivity contribution in [1.29, 1.82) is 0 Å². The predicted molar refractivity (Wildman–Crippen MR) is 119 cm³/mol. The summed E-state index contributed by atoms with van der Waals surface area (Å²) < 4.78 is 0. The van der Waals surface area contributed by atoms with Crippen LogP contribution in [0.2, 0.25) is 0 Å². The van der Waals surface area contributed by atoms with Crippen molar-refractivity contribution in [1.82, 2.24) is 15.3 Å². The number of nitrogens with one attached hydrogen (secondary N) is 2. The number of fused-ring (bicyclic) bond motifs is 3. The van der Waals surface area contributed by atoms with Crippen LogP contribution in [0.5, 0.6) is 0 Å². The van der Waals surface area contributed by atoms with E-state index in [2.05, 4.69) is 28.3 Å². The van der Waals surface area contributed by atoms with Gasteiger partial charge in [0.1, 0.15) is 10.7 Å². The zero-order valence-electron chi connectivity index (χ0n) is 15.8. The van der Waals surface area contributed by atoms with Crippen LogP contribution in [0.3, 0.4) is 0 Å². The Labute approximate surface area is 176 Å². The van der Waals surface area contributed by atoms with Crippen LogP contribution in [0.1, 0.15) is 46.0 Å². The highest BCUT2D eigenvalue weighted by Crippen LogP contribution is 2.33. The van der Waals surface area contributed by atoms with Crippen molar-refractivity contribution in [3.8, 4) is 0 Å². The van der Waals surface area contributed by atoms with E-state index in [-0.39, 0.29) is 11.5 Å². The molecule has 1 aliphatic carbocycles. The number of rotatable bonds is 7. The van der Waals surface area contributed by atoms with E-state index in [4.69, 9.17) is 0 Å². The van der Waals surface area contributed by atoms with Crippen molar-refractivity contribution in [3.63, 3.8) is 0 Å². The molecule has 0 spiro atoms. The average Bonchev–Trinajstić information content (AvgIpc) is 3.26. The zero-order valence-corrected chi connectivity index (χ0v) is 18.2. The number of amides is 1. The van der Waals surface area contributed by atoms with Gasteiger partial charge in [-0.2, -0.15) is 11.8 Å². The van der Waals surface area contributed by atoms with Gasteiger partial charge in [0.2, 0.25) is 5.91 Å². The lowest BCUT2D eigenvalue weighted by Gasteiger charge is -2.09. The summed E-state index contributed by atoms with van der Waals surface area (Å²) in [5, 5.41) is 5.82. The summed E-state index contributed by atoms with van der Waals surface area (Å²) in [6, 6.07) is 2.07. The standard InChI is InChI=1S/C20H23N3O2S3/c1-12-6-9-27-15(12)10-21-17(24)7-8-26-11-16-22-19(25)18-13-4-2-3-5-14(13)28-20(18)23-16/h6,9H,2-5,7-8,10-11H2,1H3,(H,21,24)(H,22,23,25). The summed E-state index contributed by atoms with van der Waals surface area (Å²) in [4.78, 5) is 35.6. The number of thiophene rings is 2. The minimum atomic E-state index is -0.0101. The SMILES string of the molecule is Cc1ccsc1CNC(=O)CCSCc1nc2sc3c(c2c(=O)[nH]1)CCCC3. The van der Waals surface area contributed by atoms with Crippen LogP contribution < -0.4 is 10.9 Å². The number of aromatic nitrogens is 2. The van der Waals surface area contributed by atoms with Crippen molar-refractivity contribution in [3.05, 3.63) is 48.5 Å². The molecular weight excluding hydrogens is 410 g/mol. The molecule has 0 aliphatic heterocycles. The quantitative estimate of drug-likeness (QED) is 0.548. The Morgan fingerprint density at radius 2 is 2.21 bits per heavy atom. The summed E-state index contributed by atoms with van der Waals surface area (Å²) in [7, 11) is 0. The first-order valence-electron chi connectivity index (χ1n) is 9.52. The van der Waals surface area contributed by atoms with Crippen molar-refractivity contribution in [2.75, 3.05) is 5.75 Å². The number of aryl methyl sites for hydroxylation is 3. The summed E-state index contributed by atoms with van der Waals surface area (Å²) in [6.07, 6.45) is 4.89. The lowest BCUT2D eigenvalue weighted by molar-refractivity contribution is -0.120. The average molecular weight is 434 g/mol. The van der Waals surface area contributed by atoms with Gasteiger partial charge in [0, 0.05) is 21.9 Å². The fourth-order valence-electron chi connectivity index (χ4n) is 3.46. The zero-order chi connectivity index (χ0) is 19.5. The van der Waals surface area contributed by atoms with Crippen LogP contribution in [-0.4, -0.2) is 21.6 Å². The highest BCUT2D eigenvalue weighted by molar-refractivity contribution is 7.98. The van der Waals surface area contributed by atoms with E-state index < -0.39 is 0 Å². The number of carbonyl (C=O) groups excluding carboxylic acids is 1. The first kappa shape index (κ1) is 19.7. The summed E-state index contributed by atoms with van der Waals surface area (Å²) in [5.41, 5.74) is 2.43. The number of nitrogens with zero attached hydrogens (tertiary/aromatic N) is 1. The molecule has 0 atom stereocenters. The van der Waals surface area contributed by atoms with E-state index in [9.17, 15) is 9.59 Å². The van der Waals surface area contributed by atoms with E-state index in [1.54, 1.807) is 34.4 Å². The fraction of sp³-hybridized carbons (Fsp3) is 0.450. The highest BCUT2D eigenvalue weighted by Gasteiger charge is 2.19. The largest absolute Gasteiger partial charge is 0.351 e. The van der Waals surface area contributed by atoms with E-state index in [1.165, 1.54) is 27.3 Å². The Morgan fingerprint density at radius 1 is 1.36 bits per heavy atom. The summed E-state index contributed by atoms with van der Waals surface area (Å²) >= 11 is 4.97. The van der Waals surface area contributed by atoms with Gasteiger partial charge in [-0.25, -0.2) is 4.98 Å². The van der Waals surface area contributed by atoms with Gasteiger partial charge in [-0.3, -0.25) is 9.59 Å². The first-order chi connectivity index (χ1) is 13.6. The number of hydrogen-bond acceptors (Lipinski definition) is 6. The Balaban J connectivity index is 1.29. The number of carbonyl (C=O) groups is 1. The van der Waals surface area contributed by atoms with Gasteiger partial charge in [-0.15, -0.1) is 22.7 Å². The van der Waals surface area contributed by atoms with E-state index >= 15 is 0 Å². The molecule has 0 bridgehead atoms. The Morgan fingerprint density at radius 3 is 3.04 bits per heavy atom. The van der Waals surface area contributed by atoms with Crippen molar-refractivity contribution in [2.45, 2.75) is 51.3 Å². The molecule has 0 saturated carbocycles. The molecule has 148 valence electrons. The molecule has 0 saturated heterocycles. The van der Waals surface area contributed by atoms with Gasteiger partial charge in [-0.1, -0.05) is 0 Å². The Hall–Kier alpha value is -1.64. The molecule has 8 heteroatoms. The van der Waals surface area contributed by atoms with Crippen LogP contribution in [0, 0.1) is 6.92 Å². The lowest BCUT2D eigenvalue weighted by Crippen LogP contribution is -2.22. The van der Waals surface area contributed by atoms with E-state index in [0.717, 1.165) is 29.5 Å². The maximum absolute atomic E-state index is 12.5. The molecule has 3 aromatic heterocycles. The molecule has 5 nitrogen and oxygen atoms in total. The van der Waals surface area contributed by atoms with Crippen molar-refractivity contribution >= 4 is 50.6 Å². The van der Waals surface area contributed by atoms with Gasteiger partial charge in [0.15, 0.2) is 0 Å². The second kappa shape index (κ2) is 8.80. The minimum Gasteiger partial charge on any atom is -0.351 e. The van der Waals surface area contributed by atoms with Gasteiger partial charge in [0.25, 0.3) is 5.56 Å². The Kier molecular flexibility index (Phi) is 6.18. The van der Waals surface area contributed by atoms with Crippen LogP contribution >= 0.6 is 34.4 Å². The van der Waals surface area contributed by atoms with E-state index in [1.807, 2.05) is 5.38 Å². The third-order valence-corrected chi connectivity index (χ3v) is 8.18. The van der Waals surface area contributed by atoms with Gasteiger partial charge < -0.3 is 10.3 Å². The second-order valence-corrected chi connectivity index (χ2v) is 10.2.